The van der Waals surface area contributed by atoms with Crippen molar-refractivity contribution in [3.63, 3.8) is 0 Å². The standard InChI is InChI=1S/C21H26BClN2O5/c1-30-14-18(24-20(26)16-11-5-6-12-17(16)23)21(27)25-19(22(28)29)13-7-10-15-8-3-2-4-9-15/h2-6,8-9,11-12,18-19,28-29H,7,10,13-14H2,1H3,(H,24,26)(H,25,27). The SMILES string of the molecule is COCC(NC(=O)c1ccccc1Cl)C(=O)NC(CCCc1ccccc1)B(O)O. The molecule has 0 spiro atoms. The molecule has 4 N–H and O–H groups in total. The predicted molar refractivity (Wildman–Crippen MR) is 116 cm³/mol. The van der Waals surface area contributed by atoms with Gasteiger partial charge in [-0.2, -0.15) is 0 Å². The molecule has 0 heterocycles. The van der Waals surface area contributed by atoms with Gasteiger partial charge in [-0.25, -0.2) is 0 Å². The molecule has 7 nitrogen and oxygen atoms in total. The lowest BCUT2D eigenvalue weighted by Crippen LogP contribution is -2.55. The summed E-state index contributed by atoms with van der Waals surface area (Å²) < 4.78 is 5.04. The molecule has 2 unspecified atom stereocenters. The molecule has 0 bridgehead atoms. The summed E-state index contributed by atoms with van der Waals surface area (Å²) in [6.45, 7) is -0.0831. The molecule has 9 heteroatoms. The minimum atomic E-state index is -1.73. The molecule has 30 heavy (non-hydrogen) atoms. The molecular weight excluding hydrogens is 407 g/mol. The Morgan fingerprint density at radius 2 is 1.73 bits per heavy atom. The average molecular weight is 433 g/mol. The number of benzene rings is 2. The fraction of sp³-hybridized carbons (Fsp3) is 0.333. The van der Waals surface area contributed by atoms with E-state index < -0.39 is 30.9 Å². The number of carbonyl (C=O) groups excluding carboxylic acids is 2. The number of amides is 2. The first-order valence-electron chi connectivity index (χ1n) is 9.67. The van der Waals surface area contributed by atoms with Gasteiger partial charge in [-0.05, 0) is 37.0 Å². The number of carbonyl (C=O) groups is 2. The van der Waals surface area contributed by atoms with Crippen LogP contribution < -0.4 is 10.6 Å². The van der Waals surface area contributed by atoms with Gasteiger partial charge in [-0.3, -0.25) is 9.59 Å². The van der Waals surface area contributed by atoms with Crippen molar-refractivity contribution < 1.29 is 24.4 Å². The Hall–Kier alpha value is -2.39. The zero-order chi connectivity index (χ0) is 21.9. The molecule has 0 aromatic heterocycles. The van der Waals surface area contributed by atoms with Crippen molar-refractivity contribution in [3.8, 4) is 0 Å². The molecule has 0 aliphatic heterocycles. The highest BCUT2D eigenvalue weighted by molar-refractivity contribution is 6.43. The van der Waals surface area contributed by atoms with E-state index in [1.807, 2.05) is 30.3 Å². The molecule has 2 rings (SSSR count). The smallest absolute Gasteiger partial charge is 0.426 e. The Morgan fingerprint density at radius 3 is 2.37 bits per heavy atom. The Morgan fingerprint density at radius 1 is 1.07 bits per heavy atom. The lowest BCUT2D eigenvalue weighted by atomic mass is 9.76. The number of ether oxygens (including phenoxy) is 1. The molecule has 2 amide bonds. The van der Waals surface area contributed by atoms with Gasteiger partial charge in [0.15, 0.2) is 0 Å². The van der Waals surface area contributed by atoms with Crippen molar-refractivity contribution in [1.82, 2.24) is 10.6 Å². The van der Waals surface area contributed by atoms with E-state index >= 15 is 0 Å². The van der Waals surface area contributed by atoms with Crippen LogP contribution in [-0.4, -0.2) is 54.7 Å². The van der Waals surface area contributed by atoms with Gasteiger partial charge in [0.2, 0.25) is 5.91 Å². The summed E-state index contributed by atoms with van der Waals surface area (Å²) in [6, 6.07) is 15.2. The van der Waals surface area contributed by atoms with Gasteiger partial charge in [0.25, 0.3) is 5.91 Å². The third kappa shape index (κ3) is 7.46. The van der Waals surface area contributed by atoms with Crippen LogP contribution in [-0.2, 0) is 16.0 Å². The zero-order valence-corrected chi connectivity index (χ0v) is 17.5. The molecule has 0 aliphatic carbocycles. The van der Waals surface area contributed by atoms with E-state index in [1.54, 1.807) is 24.3 Å². The number of methoxy groups -OCH3 is 1. The van der Waals surface area contributed by atoms with E-state index in [9.17, 15) is 19.6 Å². The lowest BCUT2D eigenvalue weighted by molar-refractivity contribution is -0.124. The summed E-state index contributed by atoms with van der Waals surface area (Å²) in [5, 5.41) is 24.8. The first-order valence-corrected chi connectivity index (χ1v) is 10.0. The molecule has 0 aliphatic rings. The highest BCUT2D eigenvalue weighted by atomic mass is 35.5. The van der Waals surface area contributed by atoms with Crippen LogP contribution in [0, 0.1) is 0 Å². The van der Waals surface area contributed by atoms with Crippen molar-refractivity contribution in [2.75, 3.05) is 13.7 Å². The molecule has 2 aromatic rings. The monoisotopic (exact) mass is 432 g/mol. The maximum absolute atomic E-state index is 12.7. The van der Waals surface area contributed by atoms with E-state index in [2.05, 4.69) is 10.6 Å². The summed E-state index contributed by atoms with van der Waals surface area (Å²) >= 11 is 6.03. The van der Waals surface area contributed by atoms with Crippen molar-refractivity contribution in [2.24, 2.45) is 0 Å². The Labute approximate surface area is 181 Å². The topological polar surface area (TPSA) is 108 Å². The van der Waals surface area contributed by atoms with Gasteiger partial charge in [-0.1, -0.05) is 54.1 Å². The maximum atomic E-state index is 12.7. The Bertz CT molecular complexity index is 822. The Balaban J connectivity index is 1.96. The number of aryl methyl sites for hydroxylation is 1. The zero-order valence-electron chi connectivity index (χ0n) is 16.8. The molecule has 0 saturated carbocycles. The third-order valence-corrected chi connectivity index (χ3v) is 4.91. The number of hydrogen-bond acceptors (Lipinski definition) is 5. The second-order valence-corrected chi connectivity index (χ2v) is 7.27. The van der Waals surface area contributed by atoms with Crippen LogP contribution in [0.1, 0.15) is 28.8 Å². The molecule has 2 atom stereocenters. The van der Waals surface area contributed by atoms with Gasteiger partial charge < -0.3 is 25.4 Å². The van der Waals surface area contributed by atoms with Gasteiger partial charge in [0.1, 0.15) is 6.04 Å². The van der Waals surface area contributed by atoms with Crippen molar-refractivity contribution >= 4 is 30.5 Å². The van der Waals surface area contributed by atoms with E-state index in [4.69, 9.17) is 16.3 Å². The molecule has 2 aromatic carbocycles. The molecule has 160 valence electrons. The van der Waals surface area contributed by atoms with E-state index in [-0.39, 0.29) is 17.2 Å². The van der Waals surface area contributed by atoms with Gasteiger partial charge >= 0.3 is 7.12 Å². The highest BCUT2D eigenvalue weighted by Gasteiger charge is 2.29. The molecule has 0 radical (unpaired) electrons. The van der Waals surface area contributed by atoms with Crippen LogP contribution in [0.15, 0.2) is 54.6 Å². The summed E-state index contributed by atoms with van der Waals surface area (Å²) in [4.78, 5) is 25.1. The fourth-order valence-electron chi connectivity index (χ4n) is 2.98. The number of hydrogen-bond donors (Lipinski definition) is 4. The van der Waals surface area contributed by atoms with E-state index in [0.29, 0.717) is 12.8 Å². The third-order valence-electron chi connectivity index (χ3n) is 4.58. The number of halogens is 1. The fourth-order valence-corrected chi connectivity index (χ4v) is 3.20. The average Bonchev–Trinajstić information content (AvgIpc) is 2.73. The van der Waals surface area contributed by atoms with Crippen LogP contribution in [0.2, 0.25) is 5.02 Å². The van der Waals surface area contributed by atoms with E-state index in [1.165, 1.54) is 7.11 Å². The summed E-state index contributed by atoms with van der Waals surface area (Å²) in [5.74, 6) is -1.98. The first kappa shape index (κ1) is 23.9. The van der Waals surface area contributed by atoms with Crippen LogP contribution in [0.5, 0.6) is 0 Å². The van der Waals surface area contributed by atoms with Crippen LogP contribution >= 0.6 is 11.6 Å². The summed E-state index contributed by atoms with van der Waals surface area (Å²) in [6.07, 6.45) is 1.74. The summed E-state index contributed by atoms with van der Waals surface area (Å²) in [7, 11) is -0.327. The van der Waals surface area contributed by atoms with E-state index in [0.717, 1.165) is 12.0 Å². The van der Waals surface area contributed by atoms with Crippen LogP contribution in [0.25, 0.3) is 0 Å². The second kappa shape index (κ2) is 12.3. The summed E-state index contributed by atoms with van der Waals surface area (Å²) in [5.41, 5.74) is 1.36. The maximum Gasteiger partial charge on any atom is 0.475 e. The minimum Gasteiger partial charge on any atom is -0.426 e. The molecular formula is C21H26BClN2O5. The van der Waals surface area contributed by atoms with Crippen molar-refractivity contribution in [3.05, 3.63) is 70.7 Å². The van der Waals surface area contributed by atoms with Crippen molar-refractivity contribution in [1.29, 1.82) is 0 Å². The number of rotatable bonds is 11. The Kier molecular flexibility index (Phi) is 9.83. The number of nitrogens with one attached hydrogen (secondary N) is 2. The minimum absolute atomic E-state index is 0.0831. The molecule has 0 saturated heterocycles. The van der Waals surface area contributed by atoms with Gasteiger partial charge in [-0.15, -0.1) is 0 Å². The lowest BCUT2D eigenvalue weighted by Gasteiger charge is -2.23. The van der Waals surface area contributed by atoms with Crippen LogP contribution in [0.4, 0.5) is 0 Å². The van der Waals surface area contributed by atoms with Crippen molar-refractivity contribution in [2.45, 2.75) is 31.2 Å². The van der Waals surface area contributed by atoms with Crippen LogP contribution in [0.3, 0.4) is 0 Å². The highest BCUT2D eigenvalue weighted by Crippen LogP contribution is 2.15. The largest absolute Gasteiger partial charge is 0.475 e. The molecule has 0 fully saturated rings. The van der Waals surface area contributed by atoms with Gasteiger partial charge in [0.05, 0.1) is 23.1 Å². The second-order valence-electron chi connectivity index (χ2n) is 6.87. The normalized spacial score (nSPS) is 12.7. The van der Waals surface area contributed by atoms with Gasteiger partial charge in [0, 0.05) is 7.11 Å². The predicted octanol–water partition coefficient (Wildman–Crippen LogP) is 1.60. The first-order chi connectivity index (χ1) is 14.4. The quantitative estimate of drug-likeness (QED) is 0.403.